The summed E-state index contributed by atoms with van der Waals surface area (Å²) in [5.74, 6) is -0.147. The van der Waals surface area contributed by atoms with Gasteiger partial charge < -0.3 is 5.32 Å². The summed E-state index contributed by atoms with van der Waals surface area (Å²) in [6.45, 7) is 3.62. The molecule has 1 aromatic rings. The molecule has 19 heavy (non-hydrogen) atoms. The van der Waals surface area contributed by atoms with Crippen molar-refractivity contribution < 1.29 is 4.79 Å². The first-order valence-electron chi connectivity index (χ1n) is 5.61. The maximum Gasteiger partial charge on any atom is 0.237 e. The molecule has 1 rings (SSSR count). The highest BCUT2D eigenvalue weighted by molar-refractivity contribution is 6.10. The normalized spacial score (nSPS) is 9.11. The van der Waals surface area contributed by atoms with E-state index in [4.69, 9.17) is 10.5 Å². The number of nitrogens with one attached hydrogen (secondary N) is 2. The molecule has 1 amide bonds. The van der Waals surface area contributed by atoms with Gasteiger partial charge in [-0.25, -0.2) is 0 Å². The van der Waals surface area contributed by atoms with Gasteiger partial charge in [-0.15, -0.1) is 0 Å². The van der Waals surface area contributed by atoms with Crippen molar-refractivity contribution in [3.63, 3.8) is 0 Å². The van der Waals surface area contributed by atoms with E-state index in [-0.39, 0.29) is 17.5 Å². The zero-order valence-electron chi connectivity index (χ0n) is 10.6. The second-order valence-corrected chi connectivity index (χ2v) is 4.02. The van der Waals surface area contributed by atoms with Crippen molar-refractivity contribution >= 4 is 23.0 Å². The fourth-order valence-corrected chi connectivity index (χ4v) is 1.11. The quantitative estimate of drug-likeness (QED) is 0.635. The second kappa shape index (κ2) is 6.77. The fourth-order valence-electron chi connectivity index (χ4n) is 1.11. The molecule has 2 N–H and O–H groups in total. The molecular formula is C13H13N5O. The highest BCUT2D eigenvalue weighted by Crippen LogP contribution is 2.14. The van der Waals surface area contributed by atoms with Crippen LogP contribution in [0.4, 0.5) is 11.4 Å². The molecular weight excluding hydrogens is 242 g/mol. The molecule has 0 saturated carbocycles. The molecule has 0 radical (unpaired) electrons. The predicted molar refractivity (Wildman–Crippen MR) is 72.2 cm³/mol. The highest BCUT2D eigenvalue weighted by atomic mass is 16.1. The molecule has 0 unspecified atom stereocenters. The minimum Gasteiger partial charge on any atom is -0.326 e. The molecule has 0 aromatic heterocycles. The zero-order chi connectivity index (χ0) is 14.3. The molecule has 96 valence electrons. The number of anilines is 2. The smallest absolute Gasteiger partial charge is 0.237 e. The molecule has 0 spiro atoms. The van der Waals surface area contributed by atoms with Crippen LogP contribution in [0.15, 0.2) is 29.4 Å². The van der Waals surface area contributed by atoms with E-state index < -0.39 is 0 Å². The van der Waals surface area contributed by atoms with Gasteiger partial charge >= 0.3 is 0 Å². The Morgan fingerprint density at radius 3 is 2.16 bits per heavy atom. The number of nitrogens with zero attached hydrogens (tertiary/aromatic N) is 3. The van der Waals surface area contributed by atoms with E-state index in [0.717, 1.165) is 0 Å². The summed E-state index contributed by atoms with van der Waals surface area (Å²) >= 11 is 0. The Labute approximate surface area is 111 Å². The van der Waals surface area contributed by atoms with E-state index in [1.807, 2.05) is 13.8 Å². The Balaban J connectivity index is 2.68. The third-order valence-corrected chi connectivity index (χ3v) is 2.19. The van der Waals surface area contributed by atoms with Gasteiger partial charge in [-0.2, -0.15) is 15.6 Å². The number of hydrazone groups is 1. The summed E-state index contributed by atoms with van der Waals surface area (Å²) in [7, 11) is 0. The van der Waals surface area contributed by atoms with E-state index >= 15 is 0 Å². The van der Waals surface area contributed by atoms with Crippen LogP contribution >= 0.6 is 0 Å². The molecule has 1 aromatic carbocycles. The van der Waals surface area contributed by atoms with Gasteiger partial charge in [-0.05, 0) is 24.3 Å². The first-order valence-corrected chi connectivity index (χ1v) is 5.61. The van der Waals surface area contributed by atoms with Gasteiger partial charge in [-0.3, -0.25) is 10.2 Å². The average molecular weight is 255 g/mol. The molecule has 0 aliphatic rings. The van der Waals surface area contributed by atoms with Crippen molar-refractivity contribution in [3.8, 4) is 12.1 Å². The predicted octanol–water partition coefficient (Wildman–Crippen LogP) is 2.10. The number of carbonyl (C=O) groups excluding carboxylic acids is 1. The molecule has 6 nitrogen and oxygen atoms in total. The van der Waals surface area contributed by atoms with Gasteiger partial charge in [0.05, 0.1) is 5.69 Å². The number of carbonyl (C=O) groups is 1. The summed E-state index contributed by atoms with van der Waals surface area (Å²) in [6, 6.07) is 10.1. The average Bonchev–Trinajstić information content (AvgIpc) is 2.41. The maximum atomic E-state index is 11.5. The Morgan fingerprint density at radius 2 is 1.68 bits per heavy atom. The van der Waals surface area contributed by atoms with Crippen LogP contribution < -0.4 is 10.7 Å². The lowest BCUT2D eigenvalue weighted by molar-refractivity contribution is -0.118. The molecule has 0 saturated heterocycles. The summed E-state index contributed by atoms with van der Waals surface area (Å²) < 4.78 is 0. The SMILES string of the molecule is CC(C)C(=O)Nc1ccc(NN=C(C#N)C#N)cc1. The van der Waals surface area contributed by atoms with E-state index in [2.05, 4.69) is 15.8 Å². The van der Waals surface area contributed by atoms with Crippen LogP contribution in [0, 0.1) is 28.6 Å². The number of nitriles is 2. The Kier molecular flexibility index (Phi) is 5.06. The molecule has 0 aliphatic heterocycles. The lowest BCUT2D eigenvalue weighted by atomic mass is 10.2. The van der Waals surface area contributed by atoms with Gasteiger partial charge in [0, 0.05) is 11.6 Å². The van der Waals surface area contributed by atoms with E-state index in [0.29, 0.717) is 11.4 Å². The third-order valence-electron chi connectivity index (χ3n) is 2.19. The lowest BCUT2D eigenvalue weighted by Crippen LogP contribution is -2.17. The van der Waals surface area contributed by atoms with E-state index in [1.54, 1.807) is 36.4 Å². The van der Waals surface area contributed by atoms with Crippen LogP contribution in [0.2, 0.25) is 0 Å². The van der Waals surface area contributed by atoms with Crippen molar-refractivity contribution in [2.24, 2.45) is 11.0 Å². The highest BCUT2D eigenvalue weighted by Gasteiger charge is 2.06. The molecule has 0 aliphatic carbocycles. The Morgan fingerprint density at radius 1 is 1.16 bits per heavy atom. The maximum absolute atomic E-state index is 11.5. The summed E-state index contributed by atoms with van der Waals surface area (Å²) in [5, 5.41) is 23.4. The Bertz CT molecular complexity index is 544. The first kappa shape index (κ1) is 14.2. The van der Waals surface area contributed by atoms with Crippen molar-refractivity contribution in [1.82, 2.24) is 0 Å². The van der Waals surface area contributed by atoms with Gasteiger partial charge in [0.1, 0.15) is 12.1 Å². The fraction of sp³-hybridized carbons (Fsp3) is 0.231. The standard InChI is InChI=1S/C13H13N5O/c1-9(2)13(19)16-10-3-5-11(6-4-10)17-18-12(7-14)8-15/h3-6,9,17H,1-2H3,(H,16,19). The Hall–Kier alpha value is -2.86. The largest absolute Gasteiger partial charge is 0.326 e. The second-order valence-electron chi connectivity index (χ2n) is 4.02. The van der Waals surface area contributed by atoms with Crippen LogP contribution in [0.1, 0.15) is 13.8 Å². The minimum absolute atomic E-state index is 0.0602. The number of amides is 1. The minimum atomic E-state index is -0.253. The molecule has 0 atom stereocenters. The van der Waals surface area contributed by atoms with Crippen molar-refractivity contribution in [3.05, 3.63) is 24.3 Å². The number of rotatable bonds is 4. The first-order chi connectivity index (χ1) is 9.06. The zero-order valence-corrected chi connectivity index (χ0v) is 10.6. The number of hydrogen-bond acceptors (Lipinski definition) is 5. The molecule has 0 fully saturated rings. The topological polar surface area (TPSA) is 101 Å². The lowest BCUT2D eigenvalue weighted by Gasteiger charge is -2.08. The van der Waals surface area contributed by atoms with Gasteiger partial charge in [0.15, 0.2) is 0 Å². The molecule has 0 bridgehead atoms. The monoisotopic (exact) mass is 255 g/mol. The van der Waals surface area contributed by atoms with Crippen molar-refractivity contribution in [1.29, 1.82) is 10.5 Å². The van der Waals surface area contributed by atoms with Gasteiger partial charge in [0.2, 0.25) is 11.6 Å². The molecule has 6 heteroatoms. The van der Waals surface area contributed by atoms with Crippen LogP contribution in [-0.2, 0) is 4.79 Å². The van der Waals surface area contributed by atoms with Crippen LogP contribution in [-0.4, -0.2) is 11.6 Å². The summed E-state index contributed by atoms with van der Waals surface area (Å²) in [5.41, 5.74) is 3.62. The summed E-state index contributed by atoms with van der Waals surface area (Å²) in [6.07, 6.45) is 0. The summed E-state index contributed by atoms with van der Waals surface area (Å²) in [4.78, 5) is 11.5. The van der Waals surface area contributed by atoms with Crippen molar-refractivity contribution in [2.45, 2.75) is 13.8 Å². The molecule has 0 heterocycles. The number of hydrogen-bond donors (Lipinski definition) is 2. The van der Waals surface area contributed by atoms with Crippen LogP contribution in [0.5, 0.6) is 0 Å². The van der Waals surface area contributed by atoms with Crippen molar-refractivity contribution in [2.75, 3.05) is 10.7 Å². The van der Waals surface area contributed by atoms with E-state index in [1.165, 1.54) is 0 Å². The van der Waals surface area contributed by atoms with Crippen LogP contribution in [0.3, 0.4) is 0 Å². The van der Waals surface area contributed by atoms with Gasteiger partial charge in [-0.1, -0.05) is 13.8 Å². The van der Waals surface area contributed by atoms with E-state index in [9.17, 15) is 4.79 Å². The third kappa shape index (κ3) is 4.49. The number of benzene rings is 1. The van der Waals surface area contributed by atoms with Crippen LogP contribution in [0.25, 0.3) is 0 Å². The van der Waals surface area contributed by atoms with Gasteiger partial charge in [0.25, 0.3) is 0 Å².